The van der Waals surface area contributed by atoms with Crippen molar-refractivity contribution in [2.24, 2.45) is 0 Å². The normalized spacial score (nSPS) is 14.6. The Bertz CT molecular complexity index is 1760. The van der Waals surface area contributed by atoms with Crippen LogP contribution in [0, 0.1) is 0 Å². The number of hydrogen-bond acceptors (Lipinski definition) is 10. The molecule has 72 heavy (non-hydrogen) atoms. The van der Waals surface area contributed by atoms with Crippen molar-refractivity contribution in [1.29, 1.82) is 0 Å². The predicted molar refractivity (Wildman–Crippen MR) is 297 cm³/mol. The largest absolute Gasteiger partial charge is 0.472 e. The lowest BCUT2D eigenvalue weighted by molar-refractivity contribution is -0.161. The van der Waals surface area contributed by atoms with Gasteiger partial charge < -0.3 is 24.2 Å². The van der Waals surface area contributed by atoms with Crippen LogP contribution in [0.15, 0.2) is 146 Å². The molecular formula is C60H93O11P. The second kappa shape index (κ2) is 52.7. The second-order valence-corrected chi connectivity index (χ2v) is 18.3. The van der Waals surface area contributed by atoms with Crippen LogP contribution in [0.3, 0.4) is 0 Å². The number of ether oxygens (including phenoxy) is 3. The number of phosphoric ester groups is 1. The van der Waals surface area contributed by atoms with Gasteiger partial charge in [-0.3, -0.25) is 23.4 Å². The van der Waals surface area contributed by atoms with Gasteiger partial charge in [-0.25, -0.2) is 4.57 Å². The lowest BCUT2D eigenvalue weighted by Crippen LogP contribution is -2.30. The molecule has 0 aromatic rings. The van der Waals surface area contributed by atoms with Crippen LogP contribution in [0.25, 0.3) is 0 Å². The van der Waals surface area contributed by atoms with Crippen LogP contribution in [0.2, 0.25) is 0 Å². The Morgan fingerprint density at radius 2 is 0.708 bits per heavy atom. The van der Waals surface area contributed by atoms with Gasteiger partial charge in [0.15, 0.2) is 6.10 Å². The summed E-state index contributed by atoms with van der Waals surface area (Å²) < 4.78 is 39.3. The number of hydrogen-bond donors (Lipinski definition) is 2. The first-order valence-electron chi connectivity index (χ1n) is 26.7. The van der Waals surface area contributed by atoms with E-state index in [1.54, 1.807) is 0 Å². The third-order valence-corrected chi connectivity index (χ3v) is 11.2. The second-order valence-electron chi connectivity index (χ2n) is 16.9. The molecule has 11 nitrogen and oxygen atoms in total. The van der Waals surface area contributed by atoms with Gasteiger partial charge in [0, 0.05) is 19.3 Å². The average molecular weight is 1020 g/mol. The number of carbonyl (C=O) groups is 3. The molecular weight excluding hydrogens is 928 g/mol. The van der Waals surface area contributed by atoms with Gasteiger partial charge >= 0.3 is 25.7 Å². The maximum absolute atomic E-state index is 12.9. The van der Waals surface area contributed by atoms with Gasteiger partial charge in [-0.2, -0.15) is 0 Å². The smallest absolute Gasteiger partial charge is 0.462 e. The van der Waals surface area contributed by atoms with E-state index in [4.69, 9.17) is 23.3 Å². The summed E-state index contributed by atoms with van der Waals surface area (Å²) in [7, 11) is -4.79. The molecule has 0 bridgehead atoms. The zero-order chi connectivity index (χ0) is 52.7. The van der Waals surface area contributed by atoms with Gasteiger partial charge in [-0.05, 0) is 122 Å². The van der Waals surface area contributed by atoms with E-state index in [0.29, 0.717) is 19.3 Å². The summed E-state index contributed by atoms with van der Waals surface area (Å²) in [6.45, 7) is 4.10. The van der Waals surface area contributed by atoms with E-state index in [-0.39, 0.29) is 19.3 Å². The molecule has 0 aliphatic carbocycles. The molecule has 0 spiro atoms. The van der Waals surface area contributed by atoms with Crippen LogP contribution >= 0.6 is 7.82 Å². The van der Waals surface area contributed by atoms with Crippen LogP contribution in [-0.4, -0.2) is 66.5 Å². The number of aliphatic hydroxyl groups is 1. The SMILES string of the molecule is CC/C=C\C/C=C\C/C=C\C/C=C\CCCCCCC(=O)OC(COC(=O)CC/C=C\C/C=C\C/C=C\C/C=C\CC)COP(=O)(O)OCC(CO)OC(=O)CCCC/C=C\C/C=C\C/C=C\C/C=C\CC. The maximum Gasteiger partial charge on any atom is 0.472 e. The first kappa shape index (κ1) is 67.4. The van der Waals surface area contributed by atoms with Gasteiger partial charge in [0.1, 0.15) is 12.7 Å². The molecule has 0 aromatic heterocycles. The molecule has 0 saturated heterocycles. The molecule has 0 fully saturated rings. The van der Waals surface area contributed by atoms with Gasteiger partial charge in [-0.15, -0.1) is 0 Å². The molecule has 0 aromatic carbocycles. The van der Waals surface area contributed by atoms with E-state index in [1.165, 1.54) is 0 Å². The fraction of sp³-hybridized carbons (Fsp3) is 0.550. The summed E-state index contributed by atoms with van der Waals surface area (Å²) >= 11 is 0. The molecule has 3 atom stereocenters. The Morgan fingerprint density at radius 3 is 1.11 bits per heavy atom. The minimum Gasteiger partial charge on any atom is -0.462 e. The summed E-state index contributed by atoms with van der Waals surface area (Å²) in [5.74, 6) is -1.66. The van der Waals surface area contributed by atoms with E-state index >= 15 is 0 Å². The van der Waals surface area contributed by atoms with Crippen molar-refractivity contribution in [1.82, 2.24) is 0 Å². The third kappa shape index (κ3) is 50.3. The molecule has 12 heteroatoms. The summed E-state index contributed by atoms with van der Waals surface area (Å²) in [5.41, 5.74) is 0. The molecule has 0 saturated carbocycles. The predicted octanol–water partition coefficient (Wildman–Crippen LogP) is 15.6. The van der Waals surface area contributed by atoms with Crippen LogP contribution in [0.1, 0.15) is 175 Å². The van der Waals surface area contributed by atoms with E-state index in [1.807, 2.05) is 12.2 Å². The average Bonchev–Trinajstić information content (AvgIpc) is 3.37. The first-order valence-corrected chi connectivity index (χ1v) is 28.2. The van der Waals surface area contributed by atoms with E-state index < -0.39 is 64.4 Å². The lowest BCUT2D eigenvalue weighted by Gasteiger charge is -2.21. The van der Waals surface area contributed by atoms with Crippen molar-refractivity contribution < 1.29 is 52.2 Å². The molecule has 0 aliphatic heterocycles. The highest BCUT2D eigenvalue weighted by molar-refractivity contribution is 7.47. The fourth-order valence-electron chi connectivity index (χ4n) is 6.29. The Balaban J connectivity index is 4.91. The zero-order valence-electron chi connectivity index (χ0n) is 44.3. The Labute approximate surface area is 435 Å². The molecule has 0 aliphatic rings. The van der Waals surface area contributed by atoms with E-state index in [0.717, 1.165) is 116 Å². The molecule has 404 valence electrons. The lowest BCUT2D eigenvalue weighted by atomic mass is 10.1. The number of aliphatic hydroxyl groups excluding tert-OH is 1. The summed E-state index contributed by atoms with van der Waals surface area (Å²) in [6.07, 6.45) is 66.9. The highest BCUT2D eigenvalue weighted by Crippen LogP contribution is 2.43. The molecule has 0 amide bonds. The minimum absolute atomic E-state index is 0.0881. The van der Waals surface area contributed by atoms with E-state index in [2.05, 4.69) is 154 Å². The number of unbranched alkanes of at least 4 members (excludes halogenated alkanes) is 6. The van der Waals surface area contributed by atoms with Crippen molar-refractivity contribution in [3.63, 3.8) is 0 Å². The zero-order valence-corrected chi connectivity index (χ0v) is 45.2. The quantitative estimate of drug-likeness (QED) is 0.0197. The minimum atomic E-state index is -4.79. The highest BCUT2D eigenvalue weighted by atomic mass is 31.2. The molecule has 3 unspecified atom stereocenters. The monoisotopic (exact) mass is 1020 g/mol. The number of carbonyl (C=O) groups excluding carboxylic acids is 3. The number of allylic oxidation sites excluding steroid dienone is 24. The van der Waals surface area contributed by atoms with E-state index in [9.17, 15) is 28.9 Å². The van der Waals surface area contributed by atoms with Gasteiger partial charge in [0.25, 0.3) is 0 Å². The van der Waals surface area contributed by atoms with Crippen LogP contribution in [-0.2, 0) is 42.2 Å². The third-order valence-electron chi connectivity index (χ3n) is 10.3. The van der Waals surface area contributed by atoms with Crippen molar-refractivity contribution >= 4 is 25.7 Å². The topological polar surface area (TPSA) is 155 Å². The van der Waals surface area contributed by atoms with Gasteiger partial charge in [0.2, 0.25) is 0 Å². The van der Waals surface area contributed by atoms with Crippen molar-refractivity contribution in [3.8, 4) is 0 Å². The van der Waals surface area contributed by atoms with Crippen molar-refractivity contribution in [3.05, 3.63) is 146 Å². The molecule has 0 heterocycles. The number of esters is 3. The summed E-state index contributed by atoms with van der Waals surface area (Å²) in [6, 6.07) is 0. The highest BCUT2D eigenvalue weighted by Gasteiger charge is 2.28. The Kier molecular flexibility index (Phi) is 49.3. The Hall–Kier alpha value is -4.64. The standard InChI is InChI=1S/C60H93O11P/c1-4-7-10-13-16-19-22-25-27-28-30-33-36-39-42-45-48-51-60(64)71-57(53-67-58(62)49-46-43-40-37-34-31-24-21-18-15-12-9-6-3)55-69-72(65,66)68-54-56(52-61)70-59(63)50-47-44-41-38-35-32-29-26-23-20-17-14-11-8-5-2/h7-12,16-21,25-27,29-31,33-35,38,40,43,56-57,61H,4-6,13-15,22-24,28,32,36-37,39,41-42,44-55H2,1-3H3,(H,65,66)/b10-7-,11-8-,12-9-,19-16-,20-17-,21-18-,27-25-,29-26-,33-30-,34-31-,38-35-,43-40-. The van der Waals surface area contributed by atoms with Crippen LogP contribution < -0.4 is 0 Å². The van der Waals surface area contributed by atoms with Gasteiger partial charge in [-0.1, -0.05) is 179 Å². The maximum atomic E-state index is 12.9. The fourth-order valence-corrected chi connectivity index (χ4v) is 7.07. The molecule has 2 N–H and O–H groups in total. The number of phosphoric acid groups is 1. The number of rotatable bonds is 47. The molecule has 0 radical (unpaired) electrons. The summed E-state index contributed by atoms with van der Waals surface area (Å²) in [4.78, 5) is 48.4. The van der Waals surface area contributed by atoms with Crippen LogP contribution in [0.4, 0.5) is 0 Å². The van der Waals surface area contributed by atoms with Crippen LogP contribution in [0.5, 0.6) is 0 Å². The molecule has 0 rings (SSSR count). The van der Waals surface area contributed by atoms with Crippen molar-refractivity contribution in [2.45, 2.75) is 187 Å². The first-order chi connectivity index (χ1) is 35.2. The van der Waals surface area contributed by atoms with Crippen molar-refractivity contribution in [2.75, 3.05) is 26.4 Å². The Morgan fingerprint density at radius 1 is 0.389 bits per heavy atom. The summed E-state index contributed by atoms with van der Waals surface area (Å²) in [5, 5.41) is 9.79. The van der Waals surface area contributed by atoms with Gasteiger partial charge in [0.05, 0.1) is 19.8 Å².